The van der Waals surface area contributed by atoms with Crippen molar-refractivity contribution in [1.82, 2.24) is 10.2 Å². The van der Waals surface area contributed by atoms with E-state index in [4.69, 9.17) is 0 Å². The first-order valence-electron chi connectivity index (χ1n) is 6.96. The van der Waals surface area contributed by atoms with Gasteiger partial charge in [0.15, 0.2) is 0 Å². The van der Waals surface area contributed by atoms with E-state index in [-0.39, 0.29) is 40.8 Å². The summed E-state index contributed by atoms with van der Waals surface area (Å²) in [7, 11) is 0. The molecule has 0 aromatic heterocycles. The second kappa shape index (κ2) is 5.15. The molecular formula is C13H18N2O3S. The summed E-state index contributed by atoms with van der Waals surface area (Å²) in [6, 6.07) is -0.181. The highest BCUT2D eigenvalue weighted by molar-refractivity contribution is 8.14. The lowest BCUT2D eigenvalue weighted by Crippen LogP contribution is -2.55. The summed E-state index contributed by atoms with van der Waals surface area (Å²) in [5, 5.41) is 2.90. The van der Waals surface area contributed by atoms with E-state index in [9.17, 15) is 14.4 Å². The minimum absolute atomic E-state index is 0.0477. The fourth-order valence-electron chi connectivity index (χ4n) is 2.92. The average molecular weight is 282 g/mol. The molecule has 104 valence electrons. The van der Waals surface area contributed by atoms with E-state index in [0.29, 0.717) is 0 Å². The third-order valence-corrected chi connectivity index (χ3v) is 4.96. The number of hydrogen-bond donors (Lipinski definition) is 1. The summed E-state index contributed by atoms with van der Waals surface area (Å²) in [5.41, 5.74) is 0. The topological polar surface area (TPSA) is 66.5 Å². The van der Waals surface area contributed by atoms with Crippen LogP contribution in [-0.2, 0) is 9.59 Å². The Bertz CT molecular complexity index is 406. The van der Waals surface area contributed by atoms with Crippen molar-refractivity contribution in [2.24, 2.45) is 5.92 Å². The van der Waals surface area contributed by atoms with Crippen LogP contribution in [0.25, 0.3) is 0 Å². The third-order valence-electron chi connectivity index (χ3n) is 4.12. The van der Waals surface area contributed by atoms with Crippen molar-refractivity contribution in [3.63, 3.8) is 0 Å². The lowest BCUT2D eigenvalue weighted by molar-refractivity contribution is -0.129. The van der Waals surface area contributed by atoms with E-state index in [2.05, 4.69) is 5.32 Å². The van der Waals surface area contributed by atoms with Gasteiger partial charge in [0.2, 0.25) is 11.8 Å². The molecule has 5 nitrogen and oxygen atoms in total. The second-order valence-corrected chi connectivity index (χ2v) is 6.49. The second-order valence-electron chi connectivity index (χ2n) is 5.56. The maximum absolute atomic E-state index is 11.9. The summed E-state index contributed by atoms with van der Waals surface area (Å²) >= 11 is 1.07. The first-order chi connectivity index (χ1) is 9.16. The highest BCUT2D eigenvalue weighted by Crippen LogP contribution is 2.32. The first kappa shape index (κ1) is 13.0. The number of carbonyl (C=O) groups is 3. The summed E-state index contributed by atoms with van der Waals surface area (Å²) in [5.74, 6) is 0.414. The van der Waals surface area contributed by atoms with Crippen LogP contribution in [0.15, 0.2) is 0 Å². The Kier molecular flexibility index (Phi) is 3.52. The van der Waals surface area contributed by atoms with Crippen LogP contribution in [0.1, 0.15) is 38.5 Å². The van der Waals surface area contributed by atoms with Gasteiger partial charge in [-0.1, -0.05) is 24.6 Å². The van der Waals surface area contributed by atoms with Crippen molar-refractivity contribution in [2.75, 3.05) is 5.75 Å². The van der Waals surface area contributed by atoms with Crippen molar-refractivity contribution < 1.29 is 14.4 Å². The summed E-state index contributed by atoms with van der Waals surface area (Å²) in [4.78, 5) is 36.9. The molecular weight excluding hydrogens is 264 g/mol. The number of thioether (sulfide) groups is 1. The molecule has 2 aliphatic carbocycles. The van der Waals surface area contributed by atoms with Crippen LogP contribution in [0.2, 0.25) is 0 Å². The monoisotopic (exact) mass is 282 g/mol. The van der Waals surface area contributed by atoms with Crippen LogP contribution in [0.4, 0.5) is 4.79 Å². The SMILES string of the molecule is O=C(NC1CCCCC1N1C(=O)CSC1=O)C1CC1. The molecule has 0 bridgehead atoms. The smallest absolute Gasteiger partial charge is 0.289 e. The van der Waals surface area contributed by atoms with Crippen molar-refractivity contribution in [3.05, 3.63) is 0 Å². The molecule has 3 amide bonds. The van der Waals surface area contributed by atoms with E-state index >= 15 is 0 Å². The van der Waals surface area contributed by atoms with E-state index in [1.165, 1.54) is 4.90 Å². The van der Waals surface area contributed by atoms with Gasteiger partial charge in [0.25, 0.3) is 5.24 Å². The summed E-state index contributed by atoms with van der Waals surface area (Å²) in [6.45, 7) is 0. The molecule has 2 unspecified atom stereocenters. The van der Waals surface area contributed by atoms with Gasteiger partial charge < -0.3 is 5.32 Å². The Morgan fingerprint density at radius 3 is 2.53 bits per heavy atom. The highest BCUT2D eigenvalue weighted by Gasteiger charge is 2.42. The fourth-order valence-corrected chi connectivity index (χ4v) is 3.68. The molecule has 2 atom stereocenters. The number of nitrogens with zero attached hydrogens (tertiary/aromatic N) is 1. The Labute approximate surface area is 116 Å². The zero-order valence-electron chi connectivity index (χ0n) is 10.8. The molecule has 1 N–H and O–H groups in total. The van der Waals surface area contributed by atoms with Crippen LogP contribution in [0.3, 0.4) is 0 Å². The Hall–Kier alpha value is -1.04. The van der Waals surface area contributed by atoms with Gasteiger partial charge in [-0.25, -0.2) is 0 Å². The normalized spacial score (nSPS) is 31.7. The molecule has 0 spiro atoms. The van der Waals surface area contributed by atoms with Gasteiger partial charge in [-0.2, -0.15) is 0 Å². The van der Waals surface area contributed by atoms with Gasteiger partial charge in [0.05, 0.1) is 11.8 Å². The number of hydrogen-bond acceptors (Lipinski definition) is 4. The van der Waals surface area contributed by atoms with Crippen molar-refractivity contribution >= 4 is 28.8 Å². The number of carbonyl (C=O) groups excluding carboxylic acids is 3. The lowest BCUT2D eigenvalue weighted by atomic mass is 9.89. The molecule has 3 fully saturated rings. The van der Waals surface area contributed by atoms with Gasteiger partial charge in [-0.05, 0) is 25.7 Å². The van der Waals surface area contributed by atoms with E-state index in [1.54, 1.807) is 0 Å². The summed E-state index contributed by atoms with van der Waals surface area (Å²) < 4.78 is 0. The predicted octanol–water partition coefficient (Wildman–Crippen LogP) is 1.52. The number of imide groups is 1. The third kappa shape index (κ3) is 2.63. The van der Waals surface area contributed by atoms with Crippen LogP contribution >= 0.6 is 11.8 Å². The zero-order valence-corrected chi connectivity index (χ0v) is 11.6. The Morgan fingerprint density at radius 1 is 1.16 bits per heavy atom. The van der Waals surface area contributed by atoms with Gasteiger partial charge >= 0.3 is 0 Å². The molecule has 19 heavy (non-hydrogen) atoms. The molecule has 1 aliphatic heterocycles. The molecule has 6 heteroatoms. The number of nitrogens with one attached hydrogen (secondary N) is 1. The number of rotatable bonds is 3. The molecule has 2 saturated carbocycles. The zero-order chi connectivity index (χ0) is 13.4. The van der Waals surface area contributed by atoms with Crippen molar-refractivity contribution in [1.29, 1.82) is 0 Å². The largest absolute Gasteiger partial charge is 0.351 e. The maximum atomic E-state index is 11.9. The van der Waals surface area contributed by atoms with Crippen molar-refractivity contribution in [3.8, 4) is 0 Å². The minimum atomic E-state index is -0.150. The lowest BCUT2D eigenvalue weighted by Gasteiger charge is -2.36. The number of amides is 3. The molecule has 3 aliphatic rings. The average Bonchev–Trinajstić information content (AvgIpc) is 3.18. The minimum Gasteiger partial charge on any atom is -0.351 e. The first-order valence-corrected chi connectivity index (χ1v) is 7.94. The molecule has 0 aromatic carbocycles. The van der Waals surface area contributed by atoms with E-state index < -0.39 is 0 Å². The van der Waals surface area contributed by atoms with Crippen LogP contribution in [0.5, 0.6) is 0 Å². The van der Waals surface area contributed by atoms with Gasteiger partial charge in [0.1, 0.15) is 0 Å². The standard InChI is InChI=1S/C13H18N2O3S/c16-11-7-19-13(18)15(11)10-4-2-1-3-9(10)14-12(17)8-5-6-8/h8-10H,1-7H2,(H,14,17). The Morgan fingerprint density at radius 2 is 1.89 bits per heavy atom. The molecule has 3 rings (SSSR count). The molecule has 1 saturated heterocycles. The van der Waals surface area contributed by atoms with E-state index in [1.807, 2.05) is 0 Å². The van der Waals surface area contributed by atoms with Gasteiger partial charge in [-0.3, -0.25) is 19.3 Å². The Balaban J connectivity index is 1.70. The van der Waals surface area contributed by atoms with Crippen molar-refractivity contribution in [2.45, 2.75) is 50.6 Å². The predicted molar refractivity (Wildman–Crippen MR) is 71.6 cm³/mol. The fraction of sp³-hybridized carbons (Fsp3) is 0.769. The maximum Gasteiger partial charge on any atom is 0.289 e. The van der Waals surface area contributed by atoms with Gasteiger partial charge in [0, 0.05) is 12.0 Å². The van der Waals surface area contributed by atoms with Gasteiger partial charge in [-0.15, -0.1) is 0 Å². The highest BCUT2D eigenvalue weighted by atomic mass is 32.2. The van der Waals surface area contributed by atoms with Crippen LogP contribution < -0.4 is 5.32 Å². The van der Waals surface area contributed by atoms with Crippen LogP contribution in [-0.4, -0.2) is 39.8 Å². The molecule has 0 radical (unpaired) electrons. The van der Waals surface area contributed by atoms with E-state index in [0.717, 1.165) is 50.3 Å². The molecule has 1 heterocycles. The quantitative estimate of drug-likeness (QED) is 0.852. The summed E-state index contributed by atoms with van der Waals surface area (Å²) in [6.07, 6.45) is 5.69. The van der Waals surface area contributed by atoms with Crippen LogP contribution in [0, 0.1) is 5.92 Å². The molecule has 0 aromatic rings.